The maximum absolute atomic E-state index is 11.3. The van der Waals surface area contributed by atoms with E-state index >= 15 is 0 Å². The van der Waals surface area contributed by atoms with Gasteiger partial charge in [-0.15, -0.1) is 0 Å². The molecule has 0 aliphatic rings. The summed E-state index contributed by atoms with van der Waals surface area (Å²) >= 11 is 12.1. The number of fused-ring (bicyclic) bond motifs is 1. The van der Waals surface area contributed by atoms with Gasteiger partial charge >= 0.3 is 5.97 Å². The quantitative estimate of drug-likeness (QED) is 0.305. The lowest BCUT2D eigenvalue weighted by molar-refractivity contribution is -0.143. The van der Waals surface area contributed by atoms with Crippen molar-refractivity contribution in [2.75, 3.05) is 13.2 Å². The molecule has 0 saturated carbocycles. The van der Waals surface area contributed by atoms with Gasteiger partial charge in [0.05, 0.1) is 34.5 Å². The molecule has 0 aliphatic heterocycles. The number of hydrogen-bond acceptors (Lipinski definition) is 4. The molecule has 29 heavy (non-hydrogen) atoms. The van der Waals surface area contributed by atoms with Crippen molar-refractivity contribution in [3.8, 4) is 5.75 Å². The lowest BCUT2D eigenvalue weighted by Crippen LogP contribution is -2.06. The molecule has 4 nitrogen and oxygen atoms in total. The van der Waals surface area contributed by atoms with Gasteiger partial charge in [-0.2, -0.15) is 0 Å². The van der Waals surface area contributed by atoms with Crippen molar-refractivity contribution in [2.24, 2.45) is 0 Å². The highest BCUT2D eigenvalue weighted by molar-refractivity contribution is 6.42. The van der Waals surface area contributed by atoms with E-state index in [1.54, 1.807) is 13.0 Å². The summed E-state index contributed by atoms with van der Waals surface area (Å²) in [6.45, 7) is 2.66. The normalized spacial score (nSPS) is 11.1. The highest BCUT2D eigenvalue weighted by Gasteiger charge is 2.03. The molecule has 150 valence electrons. The predicted molar refractivity (Wildman–Crippen MR) is 118 cm³/mol. The Bertz CT molecular complexity index is 1030. The fourth-order valence-electron chi connectivity index (χ4n) is 2.76. The number of carbonyl (C=O) groups is 1. The van der Waals surface area contributed by atoms with E-state index in [1.165, 1.54) is 0 Å². The van der Waals surface area contributed by atoms with Crippen LogP contribution in [0.1, 0.15) is 31.0 Å². The van der Waals surface area contributed by atoms with Crippen LogP contribution in [-0.4, -0.2) is 24.2 Å². The van der Waals surface area contributed by atoms with Gasteiger partial charge in [0.25, 0.3) is 0 Å². The first kappa shape index (κ1) is 21.2. The monoisotopic (exact) mass is 429 g/mol. The second-order valence-electron chi connectivity index (χ2n) is 6.36. The molecule has 0 atom stereocenters. The summed E-state index contributed by atoms with van der Waals surface area (Å²) in [5.41, 5.74) is 2.60. The summed E-state index contributed by atoms with van der Waals surface area (Å²) in [6.07, 6.45) is 4.88. The largest absolute Gasteiger partial charge is 0.494 e. The van der Waals surface area contributed by atoms with E-state index in [4.69, 9.17) is 32.7 Å². The number of hydrogen-bond donors (Lipinski definition) is 0. The van der Waals surface area contributed by atoms with Crippen molar-refractivity contribution < 1.29 is 14.3 Å². The van der Waals surface area contributed by atoms with Gasteiger partial charge in [0.15, 0.2) is 0 Å². The average Bonchev–Trinajstić information content (AvgIpc) is 2.71. The summed E-state index contributed by atoms with van der Waals surface area (Å²) in [7, 11) is 0. The van der Waals surface area contributed by atoms with Crippen LogP contribution in [0, 0.1) is 0 Å². The molecular formula is C23H21Cl2NO3. The van der Waals surface area contributed by atoms with Crippen molar-refractivity contribution >= 4 is 52.2 Å². The first-order valence-corrected chi connectivity index (χ1v) is 10.1. The zero-order valence-electron chi connectivity index (χ0n) is 16.0. The van der Waals surface area contributed by atoms with Crippen LogP contribution in [0.25, 0.3) is 23.1 Å². The Morgan fingerprint density at radius 1 is 1.07 bits per heavy atom. The zero-order valence-corrected chi connectivity index (χ0v) is 17.5. The van der Waals surface area contributed by atoms with Gasteiger partial charge in [-0.3, -0.25) is 4.79 Å². The van der Waals surface area contributed by atoms with Gasteiger partial charge in [0, 0.05) is 11.8 Å². The molecule has 0 fully saturated rings. The summed E-state index contributed by atoms with van der Waals surface area (Å²) in [4.78, 5) is 15.9. The first-order valence-electron chi connectivity index (χ1n) is 9.37. The van der Waals surface area contributed by atoms with Crippen LogP contribution in [0.5, 0.6) is 5.75 Å². The fourth-order valence-corrected chi connectivity index (χ4v) is 3.09. The maximum Gasteiger partial charge on any atom is 0.305 e. The van der Waals surface area contributed by atoms with Gasteiger partial charge in [-0.1, -0.05) is 47.5 Å². The smallest absolute Gasteiger partial charge is 0.305 e. The number of aromatic nitrogens is 1. The van der Waals surface area contributed by atoms with Crippen molar-refractivity contribution in [1.82, 2.24) is 4.98 Å². The van der Waals surface area contributed by atoms with Crippen molar-refractivity contribution in [2.45, 2.75) is 19.8 Å². The van der Waals surface area contributed by atoms with Crippen molar-refractivity contribution in [1.29, 1.82) is 0 Å². The van der Waals surface area contributed by atoms with Gasteiger partial charge in [-0.25, -0.2) is 4.98 Å². The number of halogens is 2. The highest BCUT2D eigenvalue weighted by atomic mass is 35.5. The van der Waals surface area contributed by atoms with E-state index < -0.39 is 0 Å². The Morgan fingerprint density at radius 2 is 1.90 bits per heavy atom. The second-order valence-corrected chi connectivity index (χ2v) is 7.17. The van der Waals surface area contributed by atoms with Crippen LogP contribution in [0.15, 0.2) is 48.5 Å². The standard InChI is InChI=1S/C23H21Cl2NO3/c1-2-28-23(27)7-4-12-29-19-6-3-5-16(13-19)8-10-18-11-9-17-14-20(24)21(25)15-22(17)26-18/h3,5-6,8-11,13-15H,2,4,7,12H2,1H3/b10-8+. The Kier molecular flexibility index (Phi) is 7.50. The number of pyridine rings is 1. The minimum absolute atomic E-state index is 0.195. The van der Waals surface area contributed by atoms with Crippen molar-refractivity contribution in [3.63, 3.8) is 0 Å². The van der Waals surface area contributed by atoms with Crippen LogP contribution in [0.4, 0.5) is 0 Å². The zero-order chi connectivity index (χ0) is 20.6. The fraction of sp³-hybridized carbons (Fsp3) is 0.217. The number of carbonyl (C=O) groups excluding carboxylic acids is 1. The molecule has 0 aliphatic carbocycles. The third-order valence-electron chi connectivity index (χ3n) is 4.16. The molecule has 0 amide bonds. The third kappa shape index (κ3) is 6.21. The van der Waals surface area contributed by atoms with Gasteiger partial charge in [-0.05, 0) is 55.3 Å². The molecule has 0 spiro atoms. The van der Waals surface area contributed by atoms with Crippen LogP contribution >= 0.6 is 23.2 Å². The molecule has 3 rings (SSSR count). The van der Waals surface area contributed by atoms with E-state index in [0.29, 0.717) is 36.1 Å². The van der Waals surface area contributed by atoms with Gasteiger partial charge in [0.1, 0.15) is 5.75 Å². The summed E-state index contributed by atoms with van der Waals surface area (Å²) in [5.74, 6) is 0.558. The van der Waals surface area contributed by atoms with E-state index in [2.05, 4.69) is 4.98 Å². The second kappa shape index (κ2) is 10.3. The molecule has 3 aromatic rings. The summed E-state index contributed by atoms with van der Waals surface area (Å²) in [5, 5.41) is 1.94. The molecule has 0 radical (unpaired) electrons. The Labute approximate surface area is 180 Å². The lowest BCUT2D eigenvalue weighted by Gasteiger charge is -2.07. The molecular weight excluding hydrogens is 409 g/mol. The number of rotatable bonds is 8. The van der Waals surface area contributed by atoms with Gasteiger partial charge < -0.3 is 9.47 Å². The van der Waals surface area contributed by atoms with Gasteiger partial charge in [0.2, 0.25) is 0 Å². The minimum Gasteiger partial charge on any atom is -0.494 e. The summed E-state index contributed by atoms with van der Waals surface area (Å²) in [6, 6.07) is 15.2. The molecule has 0 saturated heterocycles. The van der Waals surface area contributed by atoms with E-state index in [1.807, 2.05) is 54.6 Å². The molecule has 0 N–H and O–H groups in total. The van der Waals surface area contributed by atoms with E-state index in [0.717, 1.165) is 27.9 Å². The predicted octanol–water partition coefficient (Wildman–Crippen LogP) is 6.43. The lowest BCUT2D eigenvalue weighted by atomic mass is 10.1. The minimum atomic E-state index is -0.195. The van der Waals surface area contributed by atoms with Crippen LogP contribution in [0.3, 0.4) is 0 Å². The van der Waals surface area contributed by atoms with E-state index in [-0.39, 0.29) is 5.97 Å². The number of esters is 1. The number of benzene rings is 2. The van der Waals surface area contributed by atoms with E-state index in [9.17, 15) is 4.79 Å². The topological polar surface area (TPSA) is 48.4 Å². The SMILES string of the molecule is CCOC(=O)CCCOc1cccc(/C=C/c2ccc3cc(Cl)c(Cl)cc3n2)c1. The molecule has 0 unspecified atom stereocenters. The first-order chi connectivity index (χ1) is 14.0. The third-order valence-corrected chi connectivity index (χ3v) is 4.88. The summed E-state index contributed by atoms with van der Waals surface area (Å²) < 4.78 is 10.6. The van der Waals surface area contributed by atoms with Crippen molar-refractivity contribution in [3.05, 3.63) is 69.8 Å². The molecule has 0 bridgehead atoms. The van der Waals surface area contributed by atoms with Crippen LogP contribution in [0.2, 0.25) is 10.0 Å². The average molecular weight is 430 g/mol. The molecule has 2 aromatic carbocycles. The Balaban J connectivity index is 1.62. The van der Waals surface area contributed by atoms with Crippen LogP contribution in [-0.2, 0) is 9.53 Å². The Hall–Kier alpha value is -2.56. The highest BCUT2D eigenvalue weighted by Crippen LogP contribution is 2.27. The molecule has 1 heterocycles. The number of ether oxygens (including phenoxy) is 2. The Morgan fingerprint density at radius 3 is 2.72 bits per heavy atom. The number of nitrogens with zero attached hydrogens (tertiary/aromatic N) is 1. The maximum atomic E-state index is 11.3. The van der Waals surface area contributed by atoms with Crippen LogP contribution < -0.4 is 4.74 Å². The molecule has 6 heteroatoms. The molecule has 1 aromatic heterocycles.